The summed E-state index contributed by atoms with van der Waals surface area (Å²) in [6.07, 6.45) is 1.30. The molecule has 1 atom stereocenters. The molecule has 0 saturated heterocycles. The molecule has 6 heteroatoms. The zero-order valence-electron chi connectivity index (χ0n) is 22.5. The molecule has 0 aromatic heterocycles. The quantitative estimate of drug-likeness (QED) is 0.715. The fourth-order valence-electron chi connectivity index (χ4n) is 4.44. The predicted octanol–water partition coefficient (Wildman–Crippen LogP) is 4.52. The predicted molar refractivity (Wildman–Crippen MR) is 112 cm³/mol. The van der Waals surface area contributed by atoms with Crippen molar-refractivity contribution in [3.8, 4) is 28.4 Å². The van der Waals surface area contributed by atoms with E-state index >= 15 is 0 Å². The van der Waals surface area contributed by atoms with Crippen molar-refractivity contribution in [3.63, 3.8) is 0 Å². The normalized spacial score (nSPS) is 21.4. The van der Waals surface area contributed by atoms with Crippen LogP contribution < -0.4 is 14.2 Å². The van der Waals surface area contributed by atoms with E-state index in [4.69, 9.17) is 22.4 Å². The minimum atomic E-state index is -3.00. The summed E-state index contributed by atoms with van der Waals surface area (Å²) < 4.78 is 61.9. The molecule has 2 aromatic rings. The van der Waals surface area contributed by atoms with Crippen LogP contribution in [0.4, 0.5) is 0 Å². The molecular weight excluding hydrogens is 384 g/mol. The van der Waals surface area contributed by atoms with Gasteiger partial charge in [-0.1, -0.05) is 24.6 Å². The summed E-state index contributed by atoms with van der Waals surface area (Å²) in [4.78, 5) is 24.5. The van der Waals surface area contributed by atoms with Gasteiger partial charge >= 0.3 is 5.97 Å². The van der Waals surface area contributed by atoms with Crippen LogP contribution in [-0.4, -0.2) is 37.0 Å². The fraction of sp³-hybridized carbons (Fsp3) is 0.417. The van der Waals surface area contributed by atoms with E-state index in [1.54, 1.807) is 25.1 Å². The van der Waals surface area contributed by atoms with Crippen LogP contribution in [0.15, 0.2) is 30.3 Å². The summed E-state index contributed by atoms with van der Waals surface area (Å²) in [5, 5.41) is 9.90. The first kappa shape index (κ1) is 14.1. The average molecular weight is 417 g/mol. The van der Waals surface area contributed by atoms with E-state index in [9.17, 15) is 14.7 Å². The number of aliphatic carboxylic acids is 1. The number of rotatable bonds is 7. The number of fused-ring (bicyclic) bond motifs is 1. The van der Waals surface area contributed by atoms with Crippen molar-refractivity contribution in [1.29, 1.82) is 0 Å². The van der Waals surface area contributed by atoms with Crippen molar-refractivity contribution in [1.82, 2.24) is 0 Å². The van der Waals surface area contributed by atoms with Crippen LogP contribution in [0, 0.1) is 5.41 Å². The van der Waals surface area contributed by atoms with Gasteiger partial charge in [-0.15, -0.1) is 0 Å². The monoisotopic (exact) mass is 416 g/mol. The first-order chi connectivity index (χ1) is 16.7. The lowest BCUT2D eigenvalue weighted by Crippen LogP contribution is -2.49. The molecule has 30 heavy (non-hydrogen) atoms. The molecule has 1 fully saturated rings. The zero-order valence-corrected chi connectivity index (χ0v) is 16.5. The van der Waals surface area contributed by atoms with E-state index < -0.39 is 43.1 Å². The van der Waals surface area contributed by atoms with E-state index in [-0.39, 0.29) is 11.5 Å². The molecule has 158 valence electrons. The van der Waals surface area contributed by atoms with E-state index in [0.29, 0.717) is 48.8 Å². The Morgan fingerprint density at radius 2 is 1.83 bits per heavy atom. The summed E-state index contributed by atoms with van der Waals surface area (Å²) >= 11 is 0. The number of methoxy groups -OCH3 is 2. The maximum absolute atomic E-state index is 12.4. The molecule has 1 N–H and O–H groups in total. The zero-order chi connectivity index (χ0) is 26.5. The fourth-order valence-corrected chi connectivity index (χ4v) is 4.44. The van der Waals surface area contributed by atoms with Gasteiger partial charge in [0.1, 0.15) is 11.5 Å². The summed E-state index contributed by atoms with van der Waals surface area (Å²) in [5.74, 6) is -2.08. The molecule has 0 heterocycles. The highest BCUT2D eigenvalue weighted by molar-refractivity contribution is 6.02. The maximum Gasteiger partial charge on any atom is 0.313 e. The Morgan fingerprint density at radius 1 is 1.07 bits per heavy atom. The Balaban J connectivity index is 1.94. The lowest BCUT2D eigenvalue weighted by atomic mass is 9.65. The highest BCUT2D eigenvalue weighted by Gasteiger charge is 2.50. The first-order valence-electron chi connectivity index (χ1n) is 12.8. The Kier molecular flexibility index (Phi) is 3.60. The third-order valence-corrected chi connectivity index (χ3v) is 6.40. The van der Waals surface area contributed by atoms with Crippen LogP contribution in [0.2, 0.25) is 0 Å². The van der Waals surface area contributed by atoms with Gasteiger partial charge in [0, 0.05) is 17.5 Å². The minimum absolute atomic E-state index is 0.0247. The molecule has 0 bridgehead atoms. The molecule has 2 aromatic carbocycles. The molecule has 1 saturated carbocycles. The van der Waals surface area contributed by atoms with Crippen molar-refractivity contribution in [3.05, 3.63) is 41.5 Å². The van der Waals surface area contributed by atoms with Crippen molar-refractivity contribution >= 4 is 11.8 Å². The summed E-state index contributed by atoms with van der Waals surface area (Å²) in [5.41, 5.74) is 0.999. The van der Waals surface area contributed by atoms with Crippen LogP contribution in [0.3, 0.4) is 0 Å². The van der Waals surface area contributed by atoms with Gasteiger partial charge in [0.15, 0.2) is 17.3 Å². The Labute approximate surface area is 184 Å². The SMILES string of the molecule is [2H]C([2H])([2H])Oc1ccc(-c2cccc3c2CCC3=O)c(OC(C)C2(C(=O)O)CCC2)c1OC([2H])([2H])[2H]. The number of carboxylic acids is 1. The molecule has 0 aliphatic heterocycles. The maximum atomic E-state index is 12.4. The van der Waals surface area contributed by atoms with E-state index in [0.717, 1.165) is 5.56 Å². The Hall–Kier alpha value is -3.02. The number of carbonyl (C=O) groups excluding carboxylic acids is 1. The molecule has 0 radical (unpaired) electrons. The number of ether oxygens (including phenoxy) is 3. The van der Waals surface area contributed by atoms with Gasteiger partial charge in [0.25, 0.3) is 0 Å². The lowest BCUT2D eigenvalue weighted by molar-refractivity contribution is -0.162. The smallest absolute Gasteiger partial charge is 0.313 e. The number of benzene rings is 2. The van der Waals surface area contributed by atoms with Crippen LogP contribution in [-0.2, 0) is 11.2 Å². The third kappa shape index (κ3) is 3.02. The summed E-state index contributed by atoms with van der Waals surface area (Å²) in [6, 6.07) is 7.91. The van der Waals surface area contributed by atoms with E-state index in [1.807, 2.05) is 0 Å². The van der Waals surface area contributed by atoms with Crippen LogP contribution in [0.1, 0.15) is 56.8 Å². The first-order valence-corrected chi connectivity index (χ1v) is 9.82. The number of Topliss-reactive ketones (excluding diaryl/α,β-unsaturated/α-hetero) is 1. The van der Waals surface area contributed by atoms with Crippen LogP contribution >= 0.6 is 0 Å². The van der Waals surface area contributed by atoms with Gasteiger partial charge in [-0.25, -0.2) is 0 Å². The molecule has 4 rings (SSSR count). The summed E-state index contributed by atoms with van der Waals surface area (Å²) in [7, 11) is -5.92. The van der Waals surface area contributed by atoms with Gasteiger partial charge in [-0.05, 0) is 49.4 Å². The van der Waals surface area contributed by atoms with Crippen LogP contribution in [0.5, 0.6) is 17.2 Å². The second-order valence-electron chi connectivity index (χ2n) is 7.80. The van der Waals surface area contributed by atoms with Gasteiger partial charge in [0.05, 0.1) is 22.3 Å². The number of hydrogen-bond acceptors (Lipinski definition) is 5. The standard InChI is InChI=1S/C24H26O6/c1-14(24(23(26)27)12-5-13-24)30-21-18(9-11-20(28-2)22(21)29-3)15-6-4-7-17-16(15)8-10-19(17)25/h4,6-7,9,11,14H,5,8,10,12-13H2,1-3H3,(H,26,27)/i2D3,3D3. The molecule has 6 nitrogen and oxygen atoms in total. The average Bonchev–Trinajstić information content (AvgIpc) is 3.09. The lowest BCUT2D eigenvalue weighted by Gasteiger charge is -2.42. The molecule has 2 aliphatic rings. The topological polar surface area (TPSA) is 82.1 Å². The Bertz CT molecular complexity index is 1200. The molecular formula is C24H26O6. The number of carbonyl (C=O) groups is 2. The third-order valence-electron chi connectivity index (χ3n) is 6.40. The second kappa shape index (κ2) is 7.67. The highest BCUT2D eigenvalue weighted by atomic mass is 16.5. The molecule has 0 amide bonds. The minimum Gasteiger partial charge on any atom is -0.493 e. The van der Waals surface area contributed by atoms with E-state index in [1.165, 1.54) is 12.1 Å². The number of ketones is 1. The second-order valence-corrected chi connectivity index (χ2v) is 7.80. The molecule has 2 aliphatic carbocycles. The Morgan fingerprint density at radius 3 is 2.50 bits per heavy atom. The van der Waals surface area contributed by atoms with Gasteiger partial charge in [-0.2, -0.15) is 0 Å². The van der Waals surface area contributed by atoms with Crippen LogP contribution in [0.25, 0.3) is 11.1 Å². The largest absolute Gasteiger partial charge is 0.493 e. The van der Waals surface area contributed by atoms with Gasteiger partial charge < -0.3 is 19.3 Å². The van der Waals surface area contributed by atoms with Crippen molar-refractivity contribution < 1.29 is 37.1 Å². The van der Waals surface area contributed by atoms with Gasteiger partial charge in [-0.3, -0.25) is 9.59 Å². The highest BCUT2D eigenvalue weighted by Crippen LogP contribution is 2.50. The van der Waals surface area contributed by atoms with Crippen molar-refractivity contribution in [2.75, 3.05) is 14.1 Å². The van der Waals surface area contributed by atoms with Crippen molar-refractivity contribution in [2.45, 2.75) is 45.1 Å². The molecule has 1 unspecified atom stereocenters. The van der Waals surface area contributed by atoms with Gasteiger partial charge in [0.2, 0.25) is 5.75 Å². The molecule has 0 spiro atoms. The van der Waals surface area contributed by atoms with Crippen molar-refractivity contribution in [2.24, 2.45) is 5.41 Å². The number of carboxylic acid groups (broad SMARTS) is 1. The summed E-state index contributed by atoms with van der Waals surface area (Å²) in [6.45, 7) is 1.58. The number of hydrogen-bond donors (Lipinski definition) is 1. The van der Waals surface area contributed by atoms with E-state index in [2.05, 4.69) is 0 Å².